The van der Waals surface area contributed by atoms with Gasteiger partial charge in [0.25, 0.3) is 0 Å². The number of unbranched alkanes of at least 4 members (excludes halogenated alkanes) is 3. The van der Waals surface area contributed by atoms with Crippen LogP contribution in [-0.2, 0) is 0 Å². The van der Waals surface area contributed by atoms with E-state index in [9.17, 15) is 0 Å². The number of nitrogens with two attached hydrogens (primary N) is 2. The van der Waals surface area contributed by atoms with Crippen molar-refractivity contribution >= 4 is 5.96 Å². The first-order valence-corrected chi connectivity index (χ1v) is 7.26. The predicted molar refractivity (Wildman–Crippen MR) is 77.1 cm³/mol. The number of nitrogens with zero attached hydrogens (tertiary/aromatic N) is 1. The standard InChI is InChI=1S/C14H31N3/c1-3-5-9-13(10-6-4-2)11-7-8-12-17-14(15)16/h13H,3-12H2,1-2H3,(H4,15,16,17). The van der Waals surface area contributed by atoms with Crippen LogP contribution in [0.3, 0.4) is 0 Å². The molecule has 0 fully saturated rings. The molecule has 0 saturated heterocycles. The lowest BCUT2D eigenvalue weighted by Gasteiger charge is -2.15. The summed E-state index contributed by atoms with van der Waals surface area (Å²) in [5.74, 6) is 1.15. The number of hydrogen-bond donors (Lipinski definition) is 2. The Bertz CT molecular complexity index is 178. The van der Waals surface area contributed by atoms with Crippen molar-refractivity contribution in [2.75, 3.05) is 6.54 Å². The Morgan fingerprint density at radius 3 is 1.88 bits per heavy atom. The van der Waals surface area contributed by atoms with Gasteiger partial charge in [-0.25, -0.2) is 0 Å². The zero-order valence-corrected chi connectivity index (χ0v) is 11.8. The van der Waals surface area contributed by atoms with Crippen molar-refractivity contribution in [2.45, 2.75) is 71.6 Å². The van der Waals surface area contributed by atoms with E-state index in [0.29, 0.717) is 0 Å². The van der Waals surface area contributed by atoms with Crippen molar-refractivity contribution < 1.29 is 0 Å². The van der Waals surface area contributed by atoms with Crippen LogP contribution in [0.25, 0.3) is 0 Å². The van der Waals surface area contributed by atoms with Gasteiger partial charge >= 0.3 is 0 Å². The summed E-state index contributed by atoms with van der Waals surface area (Å²) in [5.41, 5.74) is 10.6. The van der Waals surface area contributed by atoms with Crippen molar-refractivity contribution in [2.24, 2.45) is 22.4 Å². The van der Waals surface area contributed by atoms with Crippen LogP contribution in [0.1, 0.15) is 71.6 Å². The summed E-state index contributed by atoms with van der Waals surface area (Å²) in [5, 5.41) is 0. The highest BCUT2D eigenvalue weighted by Crippen LogP contribution is 2.21. The quantitative estimate of drug-likeness (QED) is 0.331. The van der Waals surface area contributed by atoms with E-state index in [0.717, 1.165) is 18.9 Å². The summed E-state index contributed by atoms with van der Waals surface area (Å²) in [6.07, 6.45) is 11.9. The molecule has 0 aliphatic rings. The molecule has 0 aromatic carbocycles. The lowest BCUT2D eigenvalue weighted by atomic mass is 9.91. The molecule has 0 aliphatic heterocycles. The van der Waals surface area contributed by atoms with E-state index in [1.807, 2.05) is 0 Å². The Kier molecular flexibility index (Phi) is 11.2. The number of guanidine groups is 1. The van der Waals surface area contributed by atoms with Gasteiger partial charge in [0.15, 0.2) is 5.96 Å². The minimum Gasteiger partial charge on any atom is -0.370 e. The molecular weight excluding hydrogens is 210 g/mol. The molecule has 0 aliphatic carbocycles. The van der Waals surface area contributed by atoms with Crippen LogP contribution < -0.4 is 11.5 Å². The lowest BCUT2D eigenvalue weighted by molar-refractivity contribution is 0.381. The van der Waals surface area contributed by atoms with Crippen molar-refractivity contribution in [3.05, 3.63) is 0 Å². The van der Waals surface area contributed by atoms with Crippen LogP contribution in [0, 0.1) is 5.92 Å². The summed E-state index contributed by atoms with van der Waals surface area (Å²) >= 11 is 0. The fourth-order valence-electron chi connectivity index (χ4n) is 2.17. The minimum atomic E-state index is 0.221. The molecule has 3 heteroatoms. The van der Waals surface area contributed by atoms with Gasteiger partial charge in [-0.15, -0.1) is 0 Å². The average Bonchev–Trinajstić information content (AvgIpc) is 2.30. The van der Waals surface area contributed by atoms with Gasteiger partial charge in [0.1, 0.15) is 0 Å². The fraction of sp³-hybridized carbons (Fsp3) is 0.929. The van der Waals surface area contributed by atoms with Crippen molar-refractivity contribution in [3.8, 4) is 0 Å². The van der Waals surface area contributed by atoms with E-state index in [2.05, 4.69) is 18.8 Å². The molecule has 17 heavy (non-hydrogen) atoms. The van der Waals surface area contributed by atoms with Gasteiger partial charge in [-0.05, 0) is 12.3 Å². The van der Waals surface area contributed by atoms with Gasteiger partial charge in [-0.3, -0.25) is 4.99 Å². The third-order valence-electron chi connectivity index (χ3n) is 3.25. The Hall–Kier alpha value is -0.730. The van der Waals surface area contributed by atoms with E-state index in [1.54, 1.807) is 0 Å². The summed E-state index contributed by atoms with van der Waals surface area (Å²) in [6.45, 7) is 5.34. The normalized spacial score (nSPS) is 10.8. The Labute approximate surface area is 107 Å². The Balaban J connectivity index is 3.62. The van der Waals surface area contributed by atoms with Crippen LogP contribution >= 0.6 is 0 Å². The molecule has 0 heterocycles. The highest BCUT2D eigenvalue weighted by Gasteiger charge is 2.07. The first-order valence-electron chi connectivity index (χ1n) is 7.26. The van der Waals surface area contributed by atoms with E-state index < -0.39 is 0 Å². The number of hydrogen-bond acceptors (Lipinski definition) is 1. The predicted octanol–water partition coefficient (Wildman–Crippen LogP) is 3.43. The second kappa shape index (κ2) is 11.7. The molecule has 0 rings (SSSR count). The molecule has 0 amide bonds. The topological polar surface area (TPSA) is 64.4 Å². The highest BCUT2D eigenvalue weighted by atomic mass is 15.0. The monoisotopic (exact) mass is 241 g/mol. The van der Waals surface area contributed by atoms with Crippen molar-refractivity contribution in [3.63, 3.8) is 0 Å². The van der Waals surface area contributed by atoms with Crippen LogP contribution in [0.4, 0.5) is 0 Å². The molecule has 0 bridgehead atoms. The van der Waals surface area contributed by atoms with Gasteiger partial charge in [0.2, 0.25) is 0 Å². The summed E-state index contributed by atoms with van der Waals surface area (Å²) in [6, 6.07) is 0. The van der Waals surface area contributed by atoms with Crippen molar-refractivity contribution in [1.29, 1.82) is 0 Å². The third-order valence-corrected chi connectivity index (χ3v) is 3.25. The van der Waals surface area contributed by atoms with E-state index in [4.69, 9.17) is 11.5 Å². The summed E-state index contributed by atoms with van der Waals surface area (Å²) < 4.78 is 0. The van der Waals surface area contributed by atoms with Gasteiger partial charge in [-0.2, -0.15) is 0 Å². The molecule has 0 spiro atoms. The molecular formula is C14H31N3. The molecule has 0 atom stereocenters. The Morgan fingerprint density at radius 2 is 1.41 bits per heavy atom. The van der Waals surface area contributed by atoms with Crippen LogP contribution in [0.2, 0.25) is 0 Å². The second-order valence-electron chi connectivity index (χ2n) is 4.95. The maximum Gasteiger partial charge on any atom is 0.185 e. The fourth-order valence-corrected chi connectivity index (χ4v) is 2.17. The highest BCUT2D eigenvalue weighted by molar-refractivity contribution is 5.75. The largest absolute Gasteiger partial charge is 0.370 e. The summed E-state index contributed by atoms with van der Waals surface area (Å²) in [7, 11) is 0. The number of rotatable bonds is 11. The molecule has 0 radical (unpaired) electrons. The zero-order chi connectivity index (χ0) is 12.9. The van der Waals surface area contributed by atoms with Gasteiger partial charge in [-0.1, -0.05) is 65.2 Å². The number of aliphatic imine (C=N–C) groups is 1. The Morgan fingerprint density at radius 1 is 0.882 bits per heavy atom. The first-order chi connectivity index (χ1) is 8.20. The minimum absolute atomic E-state index is 0.221. The van der Waals surface area contributed by atoms with E-state index >= 15 is 0 Å². The van der Waals surface area contributed by atoms with Gasteiger partial charge < -0.3 is 11.5 Å². The maximum absolute atomic E-state index is 5.29. The average molecular weight is 241 g/mol. The van der Waals surface area contributed by atoms with Gasteiger partial charge in [0, 0.05) is 6.54 Å². The molecule has 0 unspecified atom stereocenters. The van der Waals surface area contributed by atoms with Crippen LogP contribution in [0.15, 0.2) is 4.99 Å². The first kappa shape index (κ1) is 16.3. The second-order valence-corrected chi connectivity index (χ2v) is 4.95. The van der Waals surface area contributed by atoms with Gasteiger partial charge in [0.05, 0.1) is 0 Å². The SMILES string of the molecule is CCCCC(CCCC)CCCCN=C(N)N. The molecule has 4 N–H and O–H groups in total. The maximum atomic E-state index is 5.29. The van der Waals surface area contributed by atoms with E-state index in [-0.39, 0.29) is 5.96 Å². The molecule has 3 nitrogen and oxygen atoms in total. The van der Waals surface area contributed by atoms with Crippen LogP contribution in [0.5, 0.6) is 0 Å². The summed E-state index contributed by atoms with van der Waals surface area (Å²) in [4.78, 5) is 4.02. The molecule has 102 valence electrons. The third kappa shape index (κ3) is 11.5. The molecule has 0 saturated carbocycles. The molecule has 0 aromatic heterocycles. The van der Waals surface area contributed by atoms with Crippen LogP contribution in [-0.4, -0.2) is 12.5 Å². The van der Waals surface area contributed by atoms with Crippen molar-refractivity contribution in [1.82, 2.24) is 0 Å². The molecule has 0 aromatic rings. The zero-order valence-electron chi connectivity index (χ0n) is 11.8. The van der Waals surface area contributed by atoms with E-state index in [1.165, 1.54) is 51.4 Å². The smallest absolute Gasteiger partial charge is 0.185 e. The lowest BCUT2D eigenvalue weighted by Crippen LogP contribution is -2.22.